The smallest absolute Gasteiger partial charge is 0.0579 e. The van der Waals surface area contributed by atoms with Crippen LogP contribution in [0.1, 0.15) is 24.8 Å². The van der Waals surface area contributed by atoms with Crippen LogP contribution >= 0.6 is 0 Å². The largest absolute Gasteiger partial charge is 0.378 e. The Balaban J connectivity index is 1.79. The van der Waals surface area contributed by atoms with Gasteiger partial charge in [0.05, 0.1) is 6.10 Å². The number of aryl methyl sites for hydroxylation is 1. The molecule has 1 aliphatic heterocycles. The number of hydrogen-bond donors (Lipinski definition) is 0. The second-order valence-corrected chi connectivity index (χ2v) is 3.66. The fraction of sp³-hybridized carbons (Fsp3) is 0.500. The van der Waals surface area contributed by atoms with Crippen LogP contribution in [-0.4, -0.2) is 12.7 Å². The van der Waals surface area contributed by atoms with Crippen molar-refractivity contribution < 1.29 is 4.74 Å². The van der Waals surface area contributed by atoms with E-state index < -0.39 is 0 Å². The number of hydrogen-bond acceptors (Lipinski definition) is 1. The van der Waals surface area contributed by atoms with Crippen LogP contribution in [0.4, 0.5) is 0 Å². The van der Waals surface area contributed by atoms with E-state index in [-0.39, 0.29) is 0 Å². The molecule has 1 heterocycles. The summed E-state index contributed by atoms with van der Waals surface area (Å²) in [6.45, 7) is 0.972. The molecule has 0 radical (unpaired) electrons. The maximum atomic E-state index is 5.57. The van der Waals surface area contributed by atoms with Crippen LogP contribution in [0.25, 0.3) is 0 Å². The van der Waals surface area contributed by atoms with E-state index in [4.69, 9.17) is 4.74 Å². The van der Waals surface area contributed by atoms with E-state index in [9.17, 15) is 0 Å². The standard InChI is InChI=1S/C12H16O/c1-2-5-11(6-3-1)8-9-12-7-4-10-13-12/h1-3,5-6,12H,4,7-10H2. The summed E-state index contributed by atoms with van der Waals surface area (Å²) in [4.78, 5) is 0. The summed E-state index contributed by atoms with van der Waals surface area (Å²) >= 11 is 0. The van der Waals surface area contributed by atoms with E-state index in [1.54, 1.807) is 0 Å². The first-order valence-electron chi connectivity index (χ1n) is 5.11. The lowest BCUT2D eigenvalue weighted by atomic mass is 10.1. The van der Waals surface area contributed by atoms with Crippen LogP contribution in [-0.2, 0) is 11.2 Å². The van der Waals surface area contributed by atoms with E-state index in [1.807, 2.05) is 0 Å². The summed E-state index contributed by atoms with van der Waals surface area (Å²) in [5.74, 6) is 0. The van der Waals surface area contributed by atoms with Gasteiger partial charge in [0, 0.05) is 6.61 Å². The van der Waals surface area contributed by atoms with E-state index in [0.29, 0.717) is 6.10 Å². The van der Waals surface area contributed by atoms with Crippen LogP contribution in [0, 0.1) is 0 Å². The highest BCUT2D eigenvalue weighted by Crippen LogP contribution is 2.17. The maximum Gasteiger partial charge on any atom is 0.0579 e. The Kier molecular flexibility index (Phi) is 2.98. The zero-order chi connectivity index (χ0) is 8.93. The Bertz CT molecular complexity index is 237. The lowest BCUT2D eigenvalue weighted by Crippen LogP contribution is -2.05. The van der Waals surface area contributed by atoms with Gasteiger partial charge in [-0.05, 0) is 31.2 Å². The predicted octanol–water partition coefficient (Wildman–Crippen LogP) is 2.80. The molecule has 0 aliphatic carbocycles. The molecule has 0 amide bonds. The molecule has 2 rings (SSSR count). The van der Waals surface area contributed by atoms with Gasteiger partial charge in [-0.25, -0.2) is 0 Å². The van der Waals surface area contributed by atoms with Crippen molar-refractivity contribution in [3.8, 4) is 0 Å². The first-order chi connectivity index (χ1) is 6.45. The Morgan fingerprint density at radius 1 is 1.23 bits per heavy atom. The first kappa shape index (κ1) is 8.76. The van der Waals surface area contributed by atoms with Gasteiger partial charge < -0.3 is 4.74 Å². The van der Waals surface area contributed by atoms with Gasteiger partial charge >= 0.3 is 0 Å². The summed E-state index contributed by atoms with van der Waals surface area (Å²) in [5.41, 5.74) is 1.43. The molecule has 0 aromatic heterocycles. The van der Waals surface area contributed by atoms with Gasteiger partial charge in [-0.3, -0.25) is 0 Å². The fourth-order valence-electron chi connectivity index (χ4n) is 1.84. The maximum absolute atomic E-state index is 5.57. The van der Waals surface area contributed by atoms with E-state index in [1.165, 1.54) is 24.8 Å². The van der Waals surface area contributed by atoms with Gasteiger partial charge in [0.15, 0.2) is 0 Å². The molecule has 0 spiro atoms. The molecule has 1 unspecified atom stereocenters. The van der Waals surface area contributed by atoms with Crippen molar-refractivity contribution in [2.75, 3.05) is 6.61 Å². The van der Waals surface area contributed by atoms with Crippen molar-refractivity contribution in [1.29, 1.82) is 0 Å². The van der Waals surface area contributed by atoms with Crippen LogP contribution in [0.3, 0.4) is 0 Å². The van der Waals surface area contributed by atoms with Crippen LogP contribution < -0.4 is 0 Å². The molecule has 1 atom stereocenters. The Morgan fingerprint density at radius 3 is 2.77 bits per heavy atom. The quantitative estimate of drug-likeness (QED) is 0.688. The molecule has 0 bridgehead atoms. The van der Waals surface area contributed by atoms with Gasteiger partial charge in [0.2, 0.25) is 0 Å². The van der Waals surface area contributed by atoms with Crippen molar-refractivity contribution in [2.24, 2.45) is 0 Å². The summed E-state index contributed by atoms with van der Waals surface area (Å²) in [7, 11) is 0. The van der Waals surface area contributed by atoms with E-state index in [2.05, 4.69) is 30.3 Å². The van der Waals surface area contributed by atoms with Crippen molar-refractivity contribution in [1.82, 2.24) is 0 Å². The predicted molar refractivity (Wildman–Crippen MR) is 53.7 cm³/mol. The van der Waals surface area contributed by atoms with Crippen LogP contribution in [0.2, 0.25) is 0 Å². The van der Waals surface area contributed by atoms with Gasteiger partial charge in [-0.2, -0.15) is 0 Å². The molecule has 1 nitrogen and oxygen atoms in total. The van der Waals surface area contributed by atoms with Gasteiger partial charge in [0.25, 0.3) is 0 Å². The third kappa shape index (κ3) is 2.56. The topological polar surface area (TPSA) is 9.23 Å². The highest BCUT2D eigenvalue weighted by molar-refractivity contribution is 5.14. The van der Waals surface area contributed by atoms with Gasteiger partial charge in [-0.15, -0.1) is 0 Å². The molecule has 0 saturated carbocycles. The normalized spacial score (nSPS) is 22.0. The highest BCUT2D eigenvalue weighted by Gasteiger charge is 2.14. The Morgan fingerprint density at radius 2 is 2.08 bits per heavy atom. The van der Waals surface area contributed by atoms with Crippen molar-refractivity contribution in [2.45, 2.75) is 31.8 Å². The third-order valence-corrected chi connectivity index (χ3v) is 2.62. The second kappa shape index (κ2) is 4.43. The molecule has 1 saturated heterocycles. The van der Waals surface area contributed by atoms with Gasteiger partial charge in [0.1, 0.15) is 0 Å². The second-order valence-electron chi connectivity index (χ2n) is 3.66. The molecule has 1 fully saturated rings. The number of ether oxygens (including phenoxy) is 1. The Labute approximate surface area is 79.7 Å². The van der Waals surface area contributed by atoms with Crippen molar-refractivity contribution in [3.05, 3.63) is 35.9 Å². The third-order valence-electron chi connectivity index (χ3n) is 2.62. The molecule has 13 heavy (non-hydrogen) atoms. The summed E-state index contributed by atoms with van der Waals surface area (Å²) in [6, 6.07) is 10.6. The highest BCUT2D eigenvalue weighted by atomic mass is 16.5. The van der Waals surface area contributed by atoms with E-state index in [0.717, 1.165) is 13.0 Å². The number of benzene rings is 1. The minimum atomic E-state index is 0.528. The minimum Gasteiger partial charge on any atom is -0.378 e. The molecule has 0 N–H and O–H groups in total. The molecule has 1 aliphatic rings. The van der Waals surface area contributed by atoms with Gasteiger partial charge in [-0.1, -0.05) is 30.3 Å². The zero-order valence-corrected chi connectivity index (χ0v) is 7.91. The first-order valence-corrected chi connectivity index (χ1v) is 5.11. The summed E-state index contributed by atoms with van der Waals surface area (Å²) < 4.78 is 5.57. The SMILES string of the molecule is c1ccc(CCC2CCCO2)cc1. The monoisotopic (exact) mass is 176 g/mol. The summed E-state index contributed by atoms with van der Waals surface area (Å²) in [6.07, 6.45) is 5.38. The zero-order valence-electron chi connectivity index (χ0n) is 7.91. The van der Waals surface area contributed by atoms with Crippen molar-refractivity contribution >= 4 is 0 Å². The minimum absolute atomic E-state index is 0.528. The lowest BCUT2D eigenvalue weighted by Gasteiger charge is -2.08. The summed E-state index contributed by atoms with van der Waals surface area (Å²) in [5, 5.41) is 0. The molecular weight excluding hydrogens is 160 g/mol. The van der Waals surface area contributed by atoms with Crippen LogP contribution in [0.15, 0.2) is 30.3 Å². The lowest BCUT2D eigenvalue weighted by molar-refractivity contribution is 0.104. The van der Waals surface area contributed by atoms with Crippen LogP contribution in [0.5, 0.6) is 0 Å². The average molecular weight is 176 g/mol. The average Bonchev–Trinajstić information content (AvgIpc) is 2.69. The molecule has 1 heteroatoms. The number of rotatable bonds is 3. The molecule has 1 aromatic carbocycles. The molecular formula is C12H16O. The fourth-order valence-corrected chi connectivity index (χ4v) is 1.84. The van der Waals surface area contributed by atoms with Crippen molar-refractivity contribution in [3.63, 3.8) is 0 Å². The molecule has 1 aromatic rings. The van der Waals surface area contributed by atoms with E-state index >= 15 is 0 Å². The Hall–Kier alpha value is -0.820. The molecule has 70 valence electrons.